The molecule has 3 unspecified atom stereocenters. The Labute approximate surface area is 203 Å². The molecule has 1 aromatic carbocycles. The second-order valence-electron chi connectivity index (χ2n) is 9.62. The number of nitrogens with zero attached hydrogens (tertiary/aromatic N) is 3. The third kappa shape index (κ3) is 2.93. The van der Waals surface area contributed by atoms with E-state index in [1.165, 1.54) is 0 Å². The van der Waals surface area contributed by atoms with Gasteiger partial charge in [0.2, 0.25) is 0 Å². The highest BCUT2D eigenvalue weighted by molar-refractivity contribution is 8.12. The van der Waals surface area contributed by atoms with Gasteiger partial charge < -0.3 is 28.8 Å². The molecule has 4 aliphatic heterocycles. The Morgan fingerprint density at radius 3 is 3.00 bits per heavy atom. The van der Waals surface area contributed by atoms with Crippen LogP contribution in [0, 0.1) is 0 Å². The zero-order valence-corrected chi connectivity index (χ0v) is 20.7. The lowest BCUT2D eigenvalue weighted by molar-refractivity contribution is 0.0894. The van der Waals surface area contributed by atoms with Gasteiger partial charge in [-0.1, -0.05) is 0 Å². The summed E-state index contributed by atoms with van der Waals surface area (Å²) in [6.45, 7) is 3.49. The van der Waals surface area contributed by atoms with Crippen molar-refractivity contribution < 1.29 is 23.2 Å². The van der Waals surface area contributed by atoms with Gasteiger partial charge in [0.15, 0.2) is 17.4 Å². The Hall–Kier alpha value is -2.82. The fourth-order valence-electron chi connectivity index (χ4n) is 5.97. The largest absolute Gasteiger partial charge is 0.497 e. The van der Waals surface area contributed by atoms with Crippen molar-refractivity contribution >= 4 is 31.1 Å². The molecule has 2 fully saturated rings. The van der Waals surface area contributed by atoms with Gasteiger partial charge in [-0.25, -0.2) is 9.97 Å². The lowest BCUT2D eigenvalue weighted by Crippen LogP contribution is -2.46. The van der Waals surface area contributed by atoms with E-state index >= 15 is 0 Å². The van der Waals surface area contributed by atoms with Gasteiger partial charge in [0.25, 0.3) is 0 Å². The van der Waals surface area contributed by atoms with E-state index in [-0.39, 0.29) is 6.04 Å². The summed E-state index contributed by atoms with van der Waals surface area (Å²) >= 11 is 0. The molecule has 3 aromatic rings. The van der Waals surface area contributed by atoms with Gasteiger partial charge in [0.05, 0.1) is 39.6 Å². The molecule has 2 saturated heterocycles. The summed E-state index contributed by atoms with van der Waals surface area (Å²) in [6, 6.07) is 6.14. The molecule has 3 atom stereocenters. The SMILES string of the molecule is COc1cc(-c2nc3c(c(C45CCOCC4=S5(C)=O)n2)OCCC2COCCN32)c2cc[nH]c2c1. The fraction of sp³-hybridized carbons (Fsp3) is 0.480. The van der Waals surface area contributed by atoms with E-state index in [1.54, 1.807) is 7.11 Å². The van der Waals surface area contributed by atoms with Crippen LogP contribution in [0.5, 0.6) is 11.5 Å². The van der Waals surface area contributed by atoms with E-state index in [9.17, 15) is 4.21 Å². The number of aromatic amines is 1. The lowest BCUT2D eigenvalue weighted by atomic mass is 9.94. The molecule has 0 aliphatic carbocycles. The molecule has 7 rings (SSSR count). The molecule has 0 radical (unpaired) electrons. The maximum Gasteiger partial charge on any atom is 0.185 e. The average Bonchev–Trinajstić information content (AvgIpc) is 3.15. The van der Waals surface area contributed by atoms with Crippen molar-refractivity contribution in [2.24, 2.45) is 0 Å². The predicted octanol–water partition coefficient (Wildman–Crippen LogP) is 2.34. The second-order valence-corrected chi connectivity index (χ2v) is 12.5. The van der Waals surface area contributed by atoms with Crippen molar-refractivity contribution in [3.05, 3.63) is 30.1 Å². The summed E-state index contributed by atoms with van der Waals surface area (Å²) in [6.07, 6.45) is 5.21. The number of ether oxygens (including phenoxy) is 4. The van der Waals surface area contributed by atoms with Crippen LogP contribution in [0.2, 0.25) is 0 Å². The van der Waals surface area contributed by atoms with Crippen molar-refractivity contribution in [1.29, 1.82) is 0 Å². The van der Waals surface area contributed by atoms with E-state index in [0.29, 0.717) is 51.0 Å². The third-order valence-electron chi connectivity index (χ3n) is 7.92. The van der Waals surface area contributed by atoms with Gasteiger partial charge >= 0.3 is 0 Å². The standard InChI is InChI=1S/C25H28N4O5S/c1-31-16-11-18(17-3-6-26-19(17)12-16)23-27-22(25-5-9-32-14-20(25)35(25,2)30)21-24(28-23)29-7-10-33-13-15(29)4-8-34-21/h3,6,11-12,15,26H,4-5,7-10,13-14H2,1-2H3. The summed E-state index contributed by atoms with van der Waals surface area (Å²) in [7, 11) is -0.617. The number of hydrogen-bond acceptors (Lipinski definition) is 8. The highest BCUT2D eigenvalue weighted by atomic mass is 32.2. The topological polar surface area (TPSA) is 98.8 Å². The molecule has 0 spiro atoms. The minimum atomic E-state index is -2.27. The third-order valence-corrected chi connectivity index (χ3v) is 11.1. The fourth-order valence-corrected chi connectivity index (χ4v) is 8.91. The average molecular weight is 497 g/mol. The minimum Gasteiger partial charge on any atom is -0.497 e. The quantitative estimate of drug-likeness (QED) is 0.552. The first-order chi connectivity index (χ1) is 17.0. The number of rotatable bonds is 3. The van der Waals surface area contributed by atoms with Gasteiger partial charge in [0.1, 0.15) is 16.2 Å². The first kappa shape index (κ1) is 21.5. The van der Waals surface area contributed by atoms with Crippen LogP contribution in [0.4, 0.5) is 5.82 Å². The Morgan fingerprint density at radius 2 is 2.14 bits per heavy atom. The Morgan fingerprint density at radius 1 is 1.23 bits per heavy atom. The minimum absolute atomic E-state index is 0.180. The Balaban J connectivity index is 1.51. The molecular weight excluding hydrogens is 468 g/mol. The summed E-state index contributed by atoms with van der Waals surface area (Å²) in [5.74, 6) is 2.74. The molecular formula is C25H28N4O5S. The molecule has 0 bridgehead atoms. The molecule has 2 aromatic heterocycles. The summed E-state index contributed by atoms with van der Waals surface area (Å²) in [5.41, 5.74) is 2.55. The zero-order valence-electron chi connectivity index (χ0n) is 19.8. The number of benzene rings is 1. The first-order valence-electron chi connectivity index (χ1n) is 12.0. The molecule has 35 heavy (non-hydrogen) atoms. The van der Waals surface area contributed by atoms with Crippen LogP contribution in [0.1, 0.15) is 18.5 Å². The number of methoxy groups -OCH3 is 1. The molecule has 4 aliphatic rings. The van der Waals surface area contributed by atoms with Crippen LogP contribution in [0.25, 0.3) is 22.3 Å². The van der Waals surface area contributed by atoms with Crippen LogP contribution >= 0.6 is 0 Å². The van der Waals surface area contributed by atoms with Crippen molar-refractivity contribution in [1.82, 2.24) is 15.0 Å². The van der Waals surface area contributed by atoms with Gasteiger partial charge in [-0.3, -0.25) is 4.21 Å². The van der Waals surface area contributed by atoms with Crippen molar-refractivity contribution in [2.45, 2.75) is 23.6 Å². The highest BCUT2D eigenvalue weighted by Crippen LogP contribution is 2.55. The van der Waals surface area contributed by atoms with Crippen LogP contribution < -0.4 is 14.4 Å². The maximum atomic E-state index is 13.9. The molecule has 6 heterocycles. The highest BCUT2D eigenvalue weighted by Gasteiger charge is 2.63. The zero-order chi connectivity index (χ0) is 23.8. The predicted molar refractivity (Wildman–Crippen MR) is 134 cm³/mol. The molecule has 10 heteroatoms. The van der Waals surface area contributed by atoms with Gasteiger partial charge in [-0.2, -0.15) is 0 Å². The van der Waals surface area contributed by atoms with E-state index in [0.717, 1.165) is 51.6 Å². The molecule has 9 nitrogen and oxygen atoms in total. The van der Waals surface area contributed by atoms with Crippen LogP contribution in [-0.4, -0.2) is 83.0 Å². The smallest absolute Gasteiger partial charge is 0.185 e. The second kappa shape index (κ2) is 7.59. The summed E-state index contributed by atoms with van der Waals surface area (Å²) in [4.78, 5) is 16.8. The van der Waals surface area contributed by atoms with Crippen molar-refractivity contribution in [3.63, 3.8) is 0 Å². The number of H-pyrrole nitrogens is 1. The summed E-state index contributed by atoms with van der Waals surface area (Å²) < 4.78 is 36.7. The number of hydrogen-bond donors (Lipinski definition) is 1. The number of fused-ring (bicyclic) bond motifs is 5. The van der Waals surface area contributed by atoms with E-state index in [1.807, 2.05) is 30.7 Å². The Kier molecular flexibility index (Phi) is 4.65. The summed E-state index contributed by atoms with van der Waals surface area (Å²) in [5, 5.41) is 1.01. The van der Waals surface area contributed by atoms with Crippen LogP contribution in [-0.2, 0) is 23.7 Å². The molecule has 184 valence electrons. The normalized spacial score (nSPS) is 29.6. The van der Waals surface area contributed by atoms with Gasteiger partial charge in [-0.15, -0.1) is 0 Å². The molecule has 0 amide bonds. The van der Waals surface area contributed by atoms with E-state index in [2.05, 4.69) is 9.88 Å². The van der Waals surface area contributed by atoms with Gasteiger partial charge in [0, 0.05) is 59.4 Å². The Bertz CT molecular complexity index is 1480. The first-order valence-corrected chi connectivity index (χ1v) is 14.0. The van der Waals surface area contributed by atoms with Crippen molar-refractivity contribution in [3.8, 4) is 22.9 Å². The van der Waals surface area contributed by atoms with Crippen molar-refractivity contribution in [2.75, 3.05) is 57.8 Å². The number of morpholine rings is 1. The lowest BCUT2D eigenvalue weighted by Gasteiger charge is -2.35. The number of aromatic nitrogens is 3. The molecule has 1 N–H and O–H groups in total. The number of nitrogens with one attached hydrogen (secondary N) is 1. The monoisotopic (exact) mass is 496 g/mol. The van der Waals surface area contributed by atoms with E-state index in [4.69, 9.17) is 28.9 Å². The van der Waals surface area contributed by atoms with Crippen LogP contribution in [0.15, 0.2) is 24.4 Å². The van der Waals surface area contributed by atoms with Gasteiger partial charge in [-0.05, 0) is 28.1 Å². The molecule has 0 saturated carbocycles. The van der Waals surface area contributed by atoms with E-state index < -0.39 is 14.3 Å². The maximum absolute atomic E-state index is 13.9. The number of anilines is 1. The van der Waals surface area contributed by atoms with Crippen LogP contribution in [0.3, 0.4) is 0 Å².